The quantitative estimate of drug-likeness (QED) is 0.218. The number of hydrogen-bond acceptors (Lipinski definition) is 9. The van der Waals surface area contributed by atoms with E-state index in [0.717, 1.165) is 107 Å². The Labute approximate surface area is 519 Å². The fourth-order valence-electron chi connectivity index (χ4n) is 11.0. The van der Waals surface area contributed by atoms with Gasteiger partial charge in [0.2, 0.25) is 11.8 Å². The third kappa shape index (κ3) is 41.9. The van der Waals surface area contributed by atoms with E-state index in [1.807, 2.05) is 44.4 Å². The lowest BCUT2D eigenvalue weighted by Gasteiger charge is -2.35. The first kappa shape index (κ1) is 83.0. The van der Waals surface area contributed by atoms with Crippen LogP contribution in [0.3, 0.4) is 0 Å². The second-order valence-corrected chi connectivity index (χ2v) is 31.2. The van der Waals surface area contributed by atoms with Gasteiger partial charge in [0.05, 0.1) is 24.4 Å². The molecule has 4 saturated heterocycles. The van der Waals surface area contributed by atoms with Crippen LogP contribution in [-0.2, 0) is 23.8 Å². The predicted octanol–water partition coefficient (Wildman–Crippen LogP) is 18.1. The van der Waals surface area contributed by atoms with Gasteiger partial charge in [-0.25, -0.2) is 0 Å². The maximum absolute atomic E-state index is 11.3. The number of carbonyl (C=O) groups excluding carboxylic acids is 2. The molecule has 0 spiro atoms. The van der Waals surface area contributed by atoms with Gasteiger partial charge in [-0.2, -0.15) is 23.5 Å². The summed E-state index contributed by atoms with van der Waals surface area (Å²) in [4.78, 5) is 25.6. The van der Waals surface area contributed by atoms with E-state index >= 15 is 0 Å². The molecule has 0 aromatic heterocycles. The van der Waals surface area contributed by atoms with Gasteiger partial charge in [-0.05, 0) is 159 Å². The Morgan fingerprint density at radius 1 is 0.573 bits per heavy atom. The van der Waals surface area contributed by atoms with Crippen LogP contribution in [0.1, 0.15) is 248 Å². The molecule has 0 radical (unpaired) electrons. The maximum atomic E-state index is 11.3. The maximum Gasteiger partial charge on any atom is 0.225 e. The monoisotopic (exact) mass is 1200 g/mol. The standard InChI is InChI=1S/C9H18O.C8H15NO.C8H16O2.C8H16O.C8H14O.C8H16S.C8H14S.C8H18.C6H13NO/c1-8(2)9(10)6-4-3-5-7-9;1-7(2)8(10)9-5-3-4-6-9;1-7(2)8(9)3-5-10-6-4-8;4*1-7(2)8-3-5-9-6-4-8;1-7(2)6-8(3,4)5;1-5(2)6(8)7(3)4/h8,10H,3-7H2,1-2H3;7H,3-6H2,1-2H3;7,9H,3-6H2,1-2H3;7-8H,3-6H2,1-2H3;3,7H,4-6H2,1-2H3;7-8H,3-6H2,1-2H3;3,7H,4-6H2,1-2H3;7H,6H2,1-5H3;5H,1-4H3. The van der Waals surface area contributed by atoms with Gasteiger partial charge in [-0.3, -0.25) is 9.59 Å². The molecule has 2 amide bonds. The van der Waals surface area contributed by atoms with Crippen LogP contribution < -0.4 is 0 Å². The molecule has 82 heavy (non-hydrogen) atoms. The van der Waals surface area contributed by atoms with Crippen LogP contribution in [0.15, 0.2) is 23.3 Å². The predicted molar refractivity (Wildman–Crippen MR) is 362 cm³/mol. The van der Waals surface area contributed by atoms with Gasteiger partial charge in [-0.1, -0.05) is 188 Å². The summed E-state index contributed by atoms with van der Waals surface area (Å²) in [5, 5.41) is 19.8. The lowest BCUT2D eigenvalue weighted by Crippen LogP contribution is -2.40. The molecule has 6 aliphatic heterocycles. The molecule has 1 aliphatic carbocycles. The molecule has 6 heterocycles. The summed E-state index contributed by atoms with van der Waals surface area (Å²) in [6, 6.07) is 0. The first-order valence-corrected chi connectivity index (χ1v) is 35.7. The molecule has 11 heteroatoms. The Morgan fingerprint density at radius 2 is 1.04 bits per heavy atom. The average Bonchev–Trinajstić information content (AvgIpc) is 3.98. The number of hydrogen-bond donors (Lipinski definition) is 2. The first-order chi connectivity index (χ1) is 38.2. The van der Waals surface area contributed by atoms with Crippen molar-refractivity contribution in [2.75, 3.05) is 89.8 Å². The molecular formula is C71H140N2O7S2. The van der Waals surface area contributed by atoms with Gasteiger partial charge in [0.15, 0.2) is 0 Å². The van der Waals surface area contributed by atoms with Crippen LogP contribution in [0.5, 0.6) is 0 Å². The number of aliphatic hydroxyl groups is 2. The fourth-order valence-corrected chi connectivity index (χ4v) is 13.0. The lowest BCUT2D eigenvalue weighted by molar-refractivity contribution is -0.133. The van der Waals surface area contributed by atoms with Crippen LogP contribution >= 0.6 is 23.5 Å². The number of allylic oxidation sites excluding steroid dienone is 1. The molecule has 0 aromatic carbocycles. The molecule has 7 aliphatic rings. The Hall–Kier alpha value is -1.08. The molecule has 5 fully saturated rings. The van der Waals surface area contributed by atoms with Crippen molar-refractivity contribution in [3.8, 4) is 0 Å². The Kier molecular flexibility index (Phi) is 47.6. The molecule has 7 rings (SSSR count). The van der Waals surface area contributed by atoms with Crippen molar-refractivity contribution in [3.05, 3.63) is 23.3 Å². The van der Waals surface area contributed by atoms with Gasteiger partial charge in [-0.15, -0.1) is 0 Å². The molecule has 9 nitrogen and oxygen atoms in total. The zero-order chi connectivity index (χ0) is 63.1. The normalized spacial score (nSPS) is 20.0. The zero-order valence-corrected chi connectivity index (χ0v) is 60.1. The van der Waals surface area contributed by atoms with Crippen LogP contribution in [-0.4, -0.2) is 133 Å². The number of rotatable bonds is 9. The minimum absolute atomic E-state index is 0.130. The fraction of sp³-hybridized carbons (Fsp3) is 0.915. The smallest absolute Gasteiger partial charge is 0.225 e. The van der Waals surface area contributed by atoms with Crippen LogP contribution in [0, 0.1) is 70.5 Å². The third-order valence-corrected chi connectivity index (χ3v) is 18.9. The highest BCUT2D eigenvalue weighted by atomic mass is 32.2. The largest absolute Gasteiger partial charge is 0.390 e. The highest BCUT2D eigenvalue weighted by Gasteiger charge is 2.33. The minimum Gasteiger partial charge on any atom is -0.390 e. The molecular weight excluding hydrogens is 1060 g/mol. The number of thioether (sulfide) groups is 2. The summed E-state index contributed by atoms with van der Waals surface area (Å²) in [7, 11) is 3.53. The summed E-state index contributed by atoms with van der Waals surface area (Å²) in [6.07, 6.45) is 23.6. The SMILES string of the molecule is CC(C)C(=O)N(C)C.CC(C)C(=O)N1CCCC1.CC(C)C1(O)CCCCC1.CC(C)C1(O)CCOCC1.CC(C)C1=CCOCC1.CC(C)C1=CCSCC1.CC(C)C1CCOCC1.CC(C)C1CCSCC1.CC(C)CC(C)(C)C. The van der Waals surface area contributed by atoms with Crippen LogP contribution in [0.4, 0.5) is 0 Å². The summed E-state index contributed by atoms with van der Waals surface area (Å²) in [5.74, 6) is 13.1. The highest BCUT2D eigenvalue weighted by Crippen LogP contribution is 2.34. The summed E-state index contributed by atoms with van der Waals surface area (Å²) >= 11 is 4.16. The second-order valence-electron chi connectivity index (χ2n) is 28.8. The van der Waals surface area contributed by atoms with Crippen molar-refractivity contribution in [1.82, 2.24) is 9.80 Å². The zero-order valence-electron chi connectivity index (χ0n) is 58.5. The average molecular weight is 1200 g/mol. The van der Waals surface area contributed by atoms with Gasteiger partial charge in [0, 0.05) is 71.2 Å². The van der Waals surface area contributed by atoms with Crippen molar-refractivity contribution in [2.45, 2.75) is 259 Å². The number of likely N-dealkylation sites (tertiary alicyclic amines) is 1. The van der Waals surface area contributed by atoms with Gasteiger partial charge < -0.3 is 34.2 Å². The van der Waals surface area contributed by atoms with E-state index in [9.17, 15) is 19.8 Å². The topological polar surface area (TPSA) is 109 Å². The number of ether oxygens (including phenoxy) is 3. The molecule has 488 valence electrons. The van der Waals surface area contributed by atoms with E-state index in [-0.39, 0.29) is 23.3 Å². The lowest BCUT2D eigenvalue weighted by atomic mass is 9.77. The van der Waals surface area contributed by atoms with Gasteiger partial charge in [0.25, 0.3) is 0 Å². The van der Waals surface area contributed by atoms with Crippen LogP contribution in [0.2, 0.25) is 0 Å². The van der Waals surface area contributed by atoms with Gasteiger partial charge in [0.1, 0.15) is 0 Å². The Bertz CT molecular complexity index is 1510. The van der Waals surface area contributed by atoms with E-state index in [1.54, 1.807) is 30.1 Å². The molecule has 1 saturated carbocycles. The van der Waals surface area contributed by atoms with E-state index in [0.29, 0.717) is 42.3 Å². The second kappa shape index (κ2) is 47.0. The molecule has 0 bridgehead atoms. The van der Waals surface area contributed by atoms with Crippen molar-refractivity contribution in [1.29, 1.82) is 0 Å². The highest BCUT2D eigenvalue weighted by molar-refractivity contribution is 7.99. The first-order valence-electron chi connectivity index (χ1n) is 33.4. The Morgan fingerprint density at radius 3 is 1.30 bits per heavy atom. The molecule has 0 unspecified atom stereocenters. The number of carbonyl (C=O) groups is 2. The minimum atomic E-state index is -0.446. The molecule has 0 aromatic rings. The number of amides is 2. The van der Waals surface area contributed by atoms with Crippen molar-refractivity contribution < 1.29 is 34.0 Å². The summed E-state index contributed by atoms with van der Waals surface area (Å²) in [5.41, 5.74) is 2.97. The van der Waals surface area contributed by atoms with Gasteiger partial charge >= 0.3 is 0 Å². The van der Waals surface area contributed by atoms with Crippen molar-refractivity contribution in [2.24, 2.45) is 70.5 Å². The molecule has 2 N–H and O–H groups in total. The van der Waals surface area contributed by atoms with E-state index in [1.165, 1.54) is 93.6 Å². The molecule has 0 atom stereocenters. The van der Waals surface area contributed by atoms with E-state index in [2.05, 4.69) is 142 Å². The van der Waals surface area contributed by atoms with Crippen molar-refractivity contribution in [3.63, 3.8) is 0 Å². The summed E-state index contributed by atoms with van der Waals surface area (Å²) < 4.78 is 15.6. The third-order valence-electron chi connectivity index (χ3n) is 17.0. The van der Waals surface area contributed by atoms with Crippen molar-refractivity contribution >= 4 is 35.3 Å². The number of nitrogens with zero attached hydrogens (tertiary/aromatic N) is 2. The van der Waals surface area contributed by atoms with E-state index in [4.69, 9.17) is 14.2 Å². The summed E-state index contributed by atoms with van der Waals surface area (Å²) in [6.45, 7) is 52.9. The Balaban J connectivity index is 0. The van der Waals surface area contributed by atoms with E-state index < -0.39 is 5.60 Å². The van der Waals surface area contributed by atoms with Crippen LogP contribution in [0.25, 0.3) is 0 Å².